The molecule has 0 radical (unpaired) electrons. The molecule has 0 aromatic heterocycles. The first kappa shape index (κ1) is 10.4. The Morgan fingerprint density at radius 3 is 2.54 bits per heavy atom. The summed E-state index contributed by atoms with van der Waals surface area (Å²) in [7, 11) is -1.47. The number of hydrogen-bond donors (Lipinski definition) is 4. The van der Waals surface area contributed by atoms with E-state index in [9.17, 15) is 0 Å². The average molecular weight is 197 g/mol. The lowest BCUT2D eigenvalue weighted by molar-refractivity contribution is 0.425. The van der Waals surface area contributed by atoms with Gasteiger partial charge in [0.15, 0.2) is 0 Å². The molecule has 3 nitrogen and oxygen atoms in total. The lowest BCUT2D eigenvalue weighted by Crippen LogP contribution is -2.33. The molecule has 1 aromatic carbocycles. The fourth-order valence-corrected chi connectivity index (χ4v) is 1.37. The molecule has 0 amide bonds. The Kier molecular flexibility index (Phi) is 3.25. The maximum absolute atomic E-state index is 9.02. The number of rotatable bonds is 2. The van der Waals surface area contributed by atoms with E-state index in [1.165, 1.54) is 0 Å². The Hall–Kier alpha value is -0.645. The van der Waals surface area contributed by atoms with Crippen LogP contribution in [0.4, 0.5) is 5.69 Å². The molecule has 1 aromatic rings. The van der Waals surface area contributed by atoms with Crippen LogP contribution < -0.4 is 11.2 Å². The molecule has 0 aliphatic rings. The van der Waals surface area contributed by atoms with Crippen molar-refractivity contribution in [1.29, 1.82) is 0 Å². The van der Waals surface area contributed by atoms with Gasteiger partial charge in [0, 0.05) is 11.4 Å². The summed E-state index contributed by atoms with van der Waals surface area (Å²) >= 11 is 4.09. The van der Waals surface area contributed by atoms with Crippen molar-refractivity contribution in [2.45, 2.75) is 12.7 Å². The second kappa shape index (κ2) is 4.04. The Morgan fingerprint density at radius 2 is 2.08 bits per heavy atom. The molecule has 1 rings (SSSR count). The third-order valence-corrected chi connectivity index (χ3v) is 2.37. The lowest BCUT2D eigenvalue weighted by Gasteiger charge is -2.09. The zero-order valence-electron chi connectivity index (χ0n) is 7.36. The summed E-state index contributed by atoms with van der Waals surface area (Å²) in [6.45, 7) is 1.76. The van der Waals surface area contributed by atoms with E-state index in [-0.39, 0.29) is 0 Å². The quantitative estimate of drug-likeness (QED) is 0.298. The second-order valence-corrected chi connectivity index (χ2v) is 3.25. The highest BCUT2D eigenvalue weighted by Crippen LogP contribution is 2.12. The first-order valence-corrected chi connectivity index (χ1v) is 4.55. The summed E-state index contributed by atoms with van der Waals surface area (Å²) in [5.74, 6) is 0.532. The van der Waals surface area contributed by atoms with Crippen LogP contribution in [-0.2, 0) is 5.75 Å². The zero-order valence-corrected chi connectivity index (χ0v) is 8.25. The molecule has 0 aliphatic carbocycles. The van der Waals surface area contributed by atoms with Gasteiger partial charge in [-0.05, 0) is 29.6 Å². The summed E-state index contributed by atoms with van der Waals surface area (Å²) in [6, 6.07) is 3.48. The fraction of sp³-hybridized carbons (Fsp3) is 0.250. The molecule has 0 bridgehead atoms. The van der Waals surface area contributed by atoms with Crippen molar-refractivity contribution in [2.24, 2.45) is 0 Å². The SMILES string of the molecule is Cc1c(N)cc(CS)cc1B(O)O. The van der Waals surface area contributed by atoms with Gasteiger partial charge in [-0.2, -0.15) is 12.6 Å². The predicted molar refractivity (Wildman–Crippen MR) is 58.1 cm³/mol. The van der Waals surface area contributed by atoms with Gasteiger partial charge in [-0.1, -0.05) is 6.07 Å². The van der Waals surface area contributed by atoms with Crippen molar-refractivity contribution in [2.75, 3.05) is 5.73 Å². The molecule has 5 heteroatoms. The van der Waals surface area contributed by atoms with Gasteiger partial charge in [0.25, 0.3) is 0 Å². The van der Waals surface area contributed by atoms with Crippen molar-refractivity contribution in [1.82, 2.24) is 0 Å². The van der Waals surface area contributed by atoms with Crippen LogP contribution in [0, 0.1) is 6.92 Å². The number of anilines is 1. The number of thiol groups is 1. The maximum atomic E-state index is 9.02. The molecular weight excluding hydrogens is 185 g/mol. The highest BCUT2D eigenvalue weighted by Gasteiger charge is 2.16. The molecule has 0 spiro atoms. The van der Waals surface area contributed by atoms with Crippen LogP contribution in [0.2, 0.25) is 0 Å². The van der Waals surface area contributed by atoms with E-state index in [0.717, 1.165) is 5.56 Å². The van der Waals surface area contributed by atoms with E-state index >= 15 is 0 Å². The van der Waals surface area contributed by atoms with Gasteiger partial charge in [0.05, 0.1) is 0 Å². The van der Waals surface area contributed by atoms with Crippen molar-refractivity contribution >= 4 is 30.9 Å². The molecule has 13 heavy (non-hydrogen) atoms. The smallest absolute Gasteiger partial charge is 0.423 e. The number of nitrogen functional groups attached to an aromatic ring is 1. The number of hydrogen-bond acceptors (Lipinski definition) is 4. The average Bonchev–Trinajstić information content (AvgIpc) is 2.09. The van der Waals surface area contributed by atoms with E-state index < -0.39 is 7.12 Å². The summed E-state index contributed by atoms with van der Waals surface area (Å²) < 4.78 is 0. The molecule has 4 N–H and O–H groups in total. The Balaban J connectivity index is 3.25. The van der Waals surface area contributed by atoms with E-state index in [2.05, 4.69) is 12.6 Å². The predicted octanol–water partition coefficient (Wildman–Crippen LogP) is -0.313. The van der Waals surface area contributed by atoms with Gasteiger partial charge in [-0.25, -0.2) is 0 Å². The van der Waals surface area contributed by atoms with Gasteiger partial charge in [0.1, 0.15) is 0 Å². The Morgan fingerprint density at radius 1 is 1.46 bits per heavy atom. The molecule has 0 fully saturated rings. The zero-order chi connectivity index (χ0) is 10.0. The fourth-order valence-electron chi connectivity index (χ4n) is 1.18. The van der Waals surface area contributed by atoms with E-state index in [1.807, 2.05) is 0 Å². The molecule has 0 atom stereocenters. The van der Waals surface area contributed by atoms with E-state index in [0.29, 0.717) is 22.5 Å². The summed E-state index contributed by atoms with van der Waals surface area (Å²) in [5, 5.41) is 18.0. The minimum absolute atomic E-state index is 0.448. The Labute approximate surface area is 83.1 Å². The van der Waals surface area contributed by atoms with Gasteiger partial charge < -0.3 is 15.8 Å². The van der Waals surface area contributed by atoms with Crippen LogP contribution >= 0.6 is 12.6 Å². The highest BCUT2D eigenvalue weighted by molar-refractivity contribution is 7.79. The minimum Gasteiger partial charge on any atom is -0.423 e. The molecule has 70 valence electrons. The largest absolute Gasteiger partial charge is 0.488 e. The third-order valence-electron chi connectivity index (χ3n) is 2.01. The van der Waals surface area contributed by atoms with E-state index in [1.54, 1.807) is 19.1 Å². The molecule has 0 saturated heterocycles. The van der Waals surface area contributed by atoms with Crippen molar-refractivity contribution in [3.05, 3.63) is 23.3 Å². The van der Waals surface area contributed by atoms with Crippen molar-refractivity contribution in [3.8, 4) is 0 Å². The van der Waals surface area contributed by atoms with Crippen LogP contribution in [0.5, 0.6) is 0 Å². The topological polar surface area (TPSA) is 66.5 Å². The van der Waals surface area contributed by atoms with Gasteiger partial charge in [-0.3, -0.25) is 0 Å². The van der Waals surface area contributed by atoms with Crippen LogP contribution in [0.25, 0.3) is 0 Å². The van der Waals surface area contributed by atoms with Crippen LogP contribution in [0.1, 0.15) is 11.1 Å². The summed E-state index contributed by atoms with van der Waals surface area (Å²) in [5.41, 5.74) is 8.28. The number of nitrogens with two attached hydrogens (primary N) is 1. The van der Waals surface area contributed by atoms with Gasteiger partial charge >= 0.3 is 7.12 Å². The van der Waals surface area contributed by atoms with Gasteiger partial charge in [0.2, 0.25) is 0 Å². The number of benzene rings is 1. The van der Waals surface area contributed by atoms with Crippen molar-refractivity contribution < 1.29 is 10.0 Å². The highest BCUT2D eigenvalue weighted by atomic mass is 32.1. The molecule has 0 heterocycles. The molecule has 0 unspecified atom stereocenters. The monoisotopic (exact) mass is 197 g/mol. The minimum atomic E-state index is -1.47. The van der Waals surface area contributed by atoms with Gasteiger partial charge in [-0.15, -0.1) is 0 Å². The van der Waals surface area contributed by atoms with Crippen molar-refractivity contribution in [3.63, 3.8) is 0 Å². The third kappa shape index (κ3) is 2.18. The van der Waals surface area contributed by atoms with Crippen LogP contribution in [0.15, 0.2) is 12.1 Å². The summed E-state index contributed by atoms with van der Waals surface area (Å²) in [4.78, 5) is 0. The van der Waals surface area contributed by atoms with Crippen LogP contribution in [-0.4, -0.2) is 17.2 Å². The first-order valence-electron chi connectivity index (χ1n) is 3.92. The molecule has 0 saturated carbocycles. The maximum Gasteiger partial charge on any atom is 0.488 e. The molecule has 0 aliphatic heterocycles. The van der Waals surface area contributed by atoms with Crippen LogP contribution in [0.3, 0.4) is 0 Å². The lowest BCUT2D eigenvalue weighted by atomic mass is 9.76. The molecular formula is C8H12BNO2S. The van der Waals surface area contributed by atoms with E-state index in [4.69, 9.17) is 15.8 Å². The second-order valence-electron chi connectivity index (χ2n) is 2.93. The normalized spacial score (nSPS) is 10.2. The first-order chi connectivity index (χ1) is 6.06. The Bertz CT molecular complexity index is 317. The standard InChI is InChI=1S/C8H12BNO2S/c1-5-7(9(11)12)2-6(4-13)3-8(5)10/h2-3,11-13H,4,10H2,1H3. The summed E-state index contributed by atoms with van der Waals surface area (Å²) in [6.07, 6.45) is 0.